The molecule has 2 aliphatic rings. The van der Waals surface area contributed by atoms with Gasteiger partial charge in [0.25, 0.3) is 5.91 Å². The lowest BCUT2D eigenvalue weighted by molar-refractivity contribution is -0.124. The molecule has 2 heterocycles. The predicted molar refractivity (Wildman–Crippen MR) is 136 cm³/mol. The normalized spacial score (nSPS) is 19.8. The number of aliphatic hydroxyl groups excluding tert-OH is 1. The molecule has 0 aliphatic heterocycles. The van der Waals surface area contributed by atoms with Crippen LogP contribution in [-0.2, 0) is 4.79 Å². The van der Waals surface area contributed by atoms with E-state index in [0.29, 0.717) is 23.6 Å². The zero-order chi connectivity index (χ0) is 25.2. The van der Waals surface area contributed by atoms with Crippen LogP contribution in [0, 0.1) is 19.8 Å². The van der Waals surface area contributed by atoms with Crippen LogP contribution in [0.4, 0.5) is 0 Å². The molecule has 2 amide bonds. The van der Waals surface area contributed by atoms with Gasteiger partial charge in [-0.1, -0.05) is 11.6 Å². The minimum absolute atomic E-state index is 0.0182. The second kappa shape index (κ2) is 10.3. The van der Waals surface area contributed by atoms with E-state index in [4.69, 9.17) is 9.84 Å². The number of fused-ring (bicyclic) bond motifs is 1. The van der Waals surface area contributed by atoms with Gasteiger partial charge in [-0.15, -0.1) is 0 Å². The molecule has 36 heavy (non-hydrogen) atoms. The van der Waals surface area contributed by atoms with Gasteiger partial charge in [0, 0.05) is 23.3 Å². The number of aromatic amines is 1. The molecule has 1 aromatic carbocycles. The van der Waals surface area contributed by atoms with E-state index in [0.717, 1.165) is 59.5 Å². The molecule has 5 rings (SSSR count). The Morgan fingerprint density at radius 1 is 1.06 bits per heavy atom. The summed E-state index contributed by atoms with van der Waals surface area (Å²) in [6.45, 7) is 4.11. The van der Waals surface area contributed by atoms with Crippen molar-refractivity contribution >= 4 is 22.8 Å². The molecule has 0 radical (unpaired) electrons. The van der Waals surface area contributed by atoms with E-state index in [-0.39, 0.29) is 23.9 Å². The molecule has 0 saturated heterocycles. The second-order valence-electron chi connectivity index (χ2n) is 10.1. The average Bonchev–Trinajstić information content (AvgIpc) is 3.63. The third-order valence-electron chi connectivity index (χ3n) is 7.13. The average molecular weight is 492 g/mol. The van der Waals surface area contributed by atoms with Crippen LogP contribution in [0.1, 0.15) is 60.1 Å². The number of carbonyl (C=O) groups excluding carboxylic acids is 2. The topological polar surface area (TPSA) is 129 Å². The highest BCUT2D eigenvalue weighted by Crippen LogP contribution is 2.37. The number of hydrogen-bond acceptors (Lipinski definition) is 6. The summed E-state index contributed by atoms with van der Waals surface area (Å²) < 4.78 is 6.15. The number of aliphatic hydroxyl groups is 1. The van der Waals surface area contributed by atoms with Crippen LogP contribution in [0.15, 0.2) is 24.5 Å². The number of carbonyl (C=O) groups is 2. The van der Waals surface area contributed by atoms with Crippen molar-refractivity contribution in [2.24, 2.45) is 5.92 Å². The van der Waals surface area contributed by atoms with Crippen LogP contribution in [0.2, 0.25) is 0 Å². The Bertz CT molecular complexity index is 1270. The number of H-pyrrole nitrogens is 1. The lowest BCUT2D eigenvalue weighted by atomic mass is 9.91. The maximum Gasteiger partial charge on any atom is 0.255 e. The molecule has 0 atom stereocenters. The summed E-state index contributed by atoms with van der Waals surface area (Å²) in [7, 11) is 0. The van der Waals surface area contributed by atoms with E-state index in [1.54, 1.807) is 0 Å². The third-order valence-corrected chi connectivity index (χ3v) is 7.13. The molecule has 9 nitrogen and oxygen atoms in total. The van der Waals surface area contributed by atoms with Gasteiger partial charge in [0.2, 0.25) is 5.91 Å². The van der Waals surface area contributed by atoms with E-state index < -0.39 is 6.61 Å². The number of nitrogens with one attached hydrogen (secondary N) is 3. The van der Waals surface area contributed by atoms with Crippen molar-refractivity contribution in [3.63, 3.8) is 0 Å². The fraction of sp³-hybridized carbons (Fsp3) is 0.481. The summed E-state index contributed by atoms with van der Waals surface area (Å²) in [5.41, 5.74) is 5.28. The van der Waals surface area contributed by atoms with Crippen LogP contribution in [0.5, 0.6) is 5.75 Å². The van der Waals surface area contributed by atoms with Gasteiger partial charge in [-0.05, 0) is 70.4 Å². The first kappa shape index (κ1) is 24.2. The number of aryl methyl sites for hydroxylation is 2. The molecule has 0 unspecified atom stereocenters. The van der Waals surface area contributed by atoms with Crippen molar-refractivity contribution in [2.75, 3.05) is 13.2 Å². The highest BCUT2D eigenvalue weighted by atomic mass is 16.5. The molecule has 2 aliphatic carbocycles. The molecule has 0 bridgehead atoms. The van der Waals surface area contributed by atoms with Gasteiger partial charge in [0.1, 0.15) is 29.9 Å². The van der Waals surface area contributed by atoms with Gasteiger partial charge in [0.05, 0.1) is 17.7 Å². The standard InChI is InChI=1S/C27H33N5O4/c1-15-3-10-21(36-13-17-4-5-17)20(11-15)24-26-25(29-14-28-24)23(16(2)30-26)27(35)32-19-8-6-18(7-9-19)31-22(34)12-33/h3,10-11,14,17-19,30,33H,4-9,12-13H2,1-2H3,(H,31,34)(H,32,35)/t18-,19+. The highest BCUT2D eigenvalue weighted by Gasteiger charge is 2.27. The summed E-state index contributed by atoms with van der Waals surface area (Å²) in [4.78, 5) is 37.2. The first-order valence-corrected chi connectivity index (χ1v) is 12.7. The van der Waals surface area contributed by atoms with Crippen molar-refractivity contribution < 1.29 is 19.4 Å². The lowest BCUT2D eigenvalue weighted by Gasteiger charge is -2.29. The Balaban J connectivity index is 1.37. The summed E-state index contributed by atoms with van der Waals surface area (Å²) in [5, 5.41) is 14.9. The fourth-order valence-corrected chi connectivity index (χ4v) is 4.96. The van der Waals surface area contributed by atoms with Gasteiger partial charge >= 0.3 is 0 Å². The van der Waals surface area contributed by atoms with Crippen molar-refractivity contribution in [2.45, 2.75) is 64.5 Å². The Hall–Kier alpha value is -3.46. The first-order valence-electron chi connectivity index (χ1n) is 12.7. The zero-order valence-corrected chi connectivity index (χ0v) is 20.8. The Morgan fingerprint density at radius 3 is 2.47 bits per heavy atom. The number of benzene rings is 1. The summed E-state index contributed by atoms with van der Waals surface area (Å²) in [6, 6.07) is 6.14. The SMILES string of the molecule is Cc1ccc(OCC2CC2)c(-c2ncnc3c(C(=O)N[C@H]4CC[C@@H](NC(=O)CO)CC4)c(C)[nH]c23)c1. The van der Waals surface area contributed by atoms with Crippen molar-refractivity contribution in [3.8, 4) is 17.0 Å². The molecule has 2 aromatic heterocycles. The second-order valence-corrected chi connectivity index (χ2v) is 10.1. The van der Waals surface area contributed by atoms with Crippen molar-refractivity contribution in [1.29, 1.82) is 0 Å². The van der Waals surface area contributed by atoms with Gasteiger partial charge in [-0.2, -0.15) is 0 Å². The fourth-order valence-electron chi connectivity index (χ4n) is 4.96. The largest absolute Gasteiger partial charge is 0.493 e. The van der Waals surface area contributed by atoms with Crippen LogP contribution in [0.3, 0.4) is 0 Å². The summed E-state index contributed by atoms with van der Waals surface area (Å²) in [5.74, 6) is 0.896. The number of amides is 2. The van der Waals surface area contributed by atoms with E-state index in [1.165, 1.54) is 19.2 Å². The quantitative estimate of drug-likeness (QED) is 0.383. The molecule has 2 fully saturated rings. The number of hydrogen-bond donors (Lipinski definition) is 4. The van der Waals surface area contributed by atoms with Crippen LogP contribution >= 0.6 is 0 Å². The van der Waals surface area contributed by atoms with E-state index in [9.17, 15) is 9.59 Å². The third kappa shape index (κ3) is 5.21. The number of ether oxygens (including phenoxy) is 1. The van der Waals surface area contributed by atoms with Crippen LogP contribution in [0.25, 0.3) is 22.3 Å². The van der Waals surface area contributed by atoms with Gasteiger partial charge in [-0.3, -0.25) is 9.59 Å². The minimum Gasteiger partial charge on any atom is -0.493 e. The molecular weight excluding hydrogens is 458 g/mol. The Labute approximate surface area is 210 Å². The first-order chi connectivity index (χ1) is 17.4. The molecule has 4 N–H and O–H groups in total. The smallest absolute Gasteiger partial charge is 0.255 e. The maximum atomic E-state index is 13.3. The van der Waals surface area contributed by atoms with Gasteiger partial charge < -0.3 is 25.5 Å². The number of aromatic nitrogens is 3. The van der Waals surface area contributed by atoms with Crippen molar-refractivity contribution in [3.05, 3.63) is 41.3 Å². The summed E-state index contributed by atoms with van der Waals surface area (Å²) >= 11 is 0. The summed E-state index contributed by atoms with van der Waals surface area (Å²) in [6.07, 6.45) is 6.96. The van der Waals surface area contributed by atoms with Crippen molar-refractivity contribution in [1.82, 2.24) is 25.6 Å². The molecule has 2 saturated carbocycles. The number of nitrogens with zero attached hydrogens (tertiary/aromatic N) is 2. The van der Waals surface area contributed by atoms with Crippen LogP contribution < -0.4 is 15.4 Å². The molecular formula is C27H33N5O4. The van der Waals surface area contributed by atoms with Gasteiger partial charge in [0.15, 0.2) is 0 Å². The molecule has 3 aromatic rings. The Morgan fingerprint density at radius 2 is 1.78 bits per heavy atom. The van der Waals surface area contributed by atoms with E-state index in [2.05, 4.69) is 31.7 Å². The highest BCUT2D eigenvalue weighted by molar-refractivity contribution is 6.09. The molecule has 190 valence electrons. The monoisotopic (exact) mass is 491 g/mol. The zero-order valence-electron chi connectivity index (χ0n) is 20.8. The van der Waals surface area contributed by atoms with E-state index >= 15 is 0 Å². The molecule has 9 heteroatoms. The minimum atomic E-state index is -0.503. The van der Waals surface area contributed by atoms with E-state index in [1.807, 2.05) is 26.0 Å². The number of rotatable bonds is 8. The molecule has 0 spiro atoms. The lowest BCUT2D eigenvalue weighted by Crippen LogP contribution is -2.44. The predicted octanol–water partition coefficient (Wildman–Crippen LogP) is 3.18. The van der Waals surface area contributed by atoms with Gasteiger partial charge in [-0.25, -0.2) is 9.97 Å². The maximum absolute atomic E-state index is 13.3. The Kier molecular flexibility index (Phi) is 6.91. The van der Waals surface area contributed by atoms with Crippen LogP contribution in [-0.4, -0.2) is 57.2 Å².